The highest BCUT2D eigenvalue weighted by molar-refractivity contribution is 8.00. The third-order valence-corrected chi connectivity index (χ3v) is 5.21. The fraction of sp³-hybridized carbons (Fsp3) is 0.158. The van der Waals surface area contributed by atoms with E-state index in [1.165, 1.54) is 30.4 Å². The van der Waals surface area contributed by atoms with E-state index in [0.717, 1.165) is 22.0 Å². The van der Waals surface area contributed by atoms with Crippen LogP contribution in [0.3, 0.4) is 0 Å². The van der Waals surface area contributed by atoms with Gasteiger partial charge in [0.1, 0.15) is 11.6 Å². The van der Waals surface area contributed by atoms with E-state index in [9.17, 15) is 0 Å². The van der Waals surface area contributed by atoms with E-state index >= 15 is 0 Å². The maximum atomic E-state index is 6.44. The molecular weight excluding hydrogens is 352 g/mol. The van der Waals surface area contributed by atoms with Crippen molar-refractivity contribution in [2.24, 2.45) is 0 Å². The molecule has 3 N–H and O–H groups in total. The number of pyridine rings is 2. The van der Waals surface area contributed by atoms with Gasteiger partial charge in [0.2, 0.25) is 0 Å². The average Bonchev–Trinajstić information content (AvgIpc) is 3.47. The molecule has 1 saturated carbocycles. The van der Waals surface area contributed by atoms with Crippen LogP contribution in [0.1, 0.15) is 24.3 Å². The lowest BCUT2D eigenvalue weighted by Gasteiger charge is -2.12. The zero-order chi connectivity index (χ0) is 17.2. The van der Waals surface area contributed by atoms with Gasteiger partial charge in [0.25, 0.3) is 0 Å². The van der Waals surface area contributed by atoms with Crippen LogP contribution in [0.15, 0.2) is 59.6 Å². The zero-order valence-electron chi connectivity index (χ0n) is 13.4. The fourth-order valence-electron chi connectivity index (χ4n) is 2.71. The monoisotopic (exact) mass is 368 g/mol. The first-order chi connectivity index (χ1) is 12.2. The van der Waals surface area contributed by atoms with Crippen LogP contribution in [0.2, 0.25) is 5.02 Å². The van der Waals surface area contributed by atoms with E-state index in [1.54, 1.807) is 12.3 Å². The van der Waals surface area contributed by atoms with Gasteiger partial charge in [0.15, 0.2) is 0 Å². The first kappa shape index (κ1) is 16.2. The van der Waals surface area contributed by atoms with Crippen molar-refractivity contribution in [1.29, 1.82) is 0 Å². The van der Waals surface area contributed by atoms with Crippen molar-refractivity contribution in [1.82, 2.24) is 9.97 Å². The molecule has 0 amide bonds. The Morgan fingerprint density at radius 1 is 1.08 bits per heavy atom. The molecule has 1 aliphatic rings. The summed E-state index contributed by atoms with van der Waals surface area (Å²) in [6, 6.07) is 15.9. The minimum absolute atomic E-state index is 0.507. The van der Waals surface area contributed by atoms with Crippen molar-refractivity contribution >= 4 is 35.2 Å². The highest BCUT2D eigenvalue weighted by Crippen LogP contribution is 2.45. The number of nitrogens with zero attached hydrogens (tertiary/aromatic N) is 2. The van der Waals surface area contributed by atoms with Gasteiger partial charge in [-0.3, -0.25) is 0 Å². The summed E-state index contributed by atoms with van der Waals surface area (Å²) in [5.41, 5.74) is 8.90. The molecule has 2 heterocycles. The second-order valence-corrected chi connectivity index (χ2v) is 7.30. The Kier molecular flexibility index (Phi) is 4.51. The normalized spacial score (nSPS) is 13.6. The predicted octanol–water partition coefficient (Wildman–Crippen LogP) is 5.38. The van der Waals surface area contributed by atoms with E-state index in [2.05, 4.69) is 27.9 Å². The van der Waals surface area contributed by atoms with Crippen LogP contribution in [0, 0.1) is 0 Å². The molecule has 0 unspecified atom stereocenters. The van der Waals surface area contributed by atoms with Crippen molar-refractivity contribution in [3.05, 3.63) is 65.3 Å². The summed E-state index contributed by atoms with van der Waals surface area (Å²) >= 11 is 7.88. The maximum absolute atomic E-state index is 6.44. The standard InChI is InChI=1S/C19H17ClN4S/c20-16-8-10-18(24-25-13-7-9-17(21)22-11-13)23-19(16)15-4-2-1-3-14(15)12-5-6-12/h1-4,7-12H,5-6H2,(H2,21,22)(H,23,24). The van der Waals surface area contributed by atoms with Crippen molar-refractivity contribution in [3.8, 4) is 11.3 Å². The van der Waals surface area contributed by atoms with E-state index in [1.807, 2.05) is 24.3 Å². The van der Waals surface area contributed by atoms with Crippen LogP contribution < -0.4 is 10.5 Å². The molecule has 1 fully saturated rings. The van der Waals surface area contributed by atoms with Gasteiger partial charge in [-0.1, -0.05) is 35.9 Å². The van der Waals surface area contributed by atoms with Crippen LogP contribution in [0.25, 0.3) is 11.3 Å². The van der Waals surface area contributed by atoms with E-state index in [-0.39, 0.29) is 0 Å². The molecular formula is C19H17ClN4S. The molecule has 126 valence electrons. The lowest BCUT2D eigenvalue weighted by atomic mass is 10.0. The molecule has 3 aromatic rings. The zero-order valence-corrected chi connectivity index (χ0v) is 15.0. The van der Waals surface area contributed by atoms with Crippen molar-refractivity contribution in [3.63, 3.8) is 0 Å². The predicted molar refractivity (Wildman–Crippen MR) is 105 cm³/mol. The van der Waals surface area contributed by atoms with Crippen LogP contribution in [-0.2, 0) is 0 Å². The average molecular weight is 369 g/mol. The second-order valence-electron chi connectivity index (χ2n) is 6.01. The molecule has 25 heavy (non-hydrogen) atoms. The summed E-state index contributed by atoms with van der Waals surface area (Å²) in [4.78, 5) is 9.78. The van der Waals surface area contributed by atoms with Crippen LogP contribution in [0.5, 0.6) is 0 Å². The summed E-state index contributed by atoms with van der Waals surface area (Å²) in [5, 5.41) is 0.665. The molecule has 0 spiro atoms. The van der Waals surface area contributed by atoms with Gasteiger partial charge in [-0.05, 0) is 60.5 Å². The SMILES string of the molecule is Nc1ccc(SNc2ccc(Cl)c(-c3ccccc3C3CC3)n2)cn1. The van der Waals surface area contributed by atoms with Gasteiger partial charge in [-0.25, -0.2) is 9.97 Å². The molecule has 0 aliphatic heterocycles. The number of nitrogens with two attached hydrogens (primary N) is 1. The number of nitrogens with one attached hydrogen (secondary N) is 1. The number of aromatic nitrogens is 2. The third-order valence-electron chi connectivity index (χ3n) is 4.11. The number of benzene rings is 1. The summed E-state index contributed by atoms with van der Waals surface area (Å²) in [5.74, 6) is 1.90. The summed E-state index contributed by atoms with van der Waals surface area (Å²) in [6.07, 6.45) is 4.21. The van der Waals surface area contributed by atoms with Crippen molar-refractivity contribution < 1.29 is 0 Å². The molecule has 1 aromatic carbocycles. The Balaban J connectivity index is 1.59. The number of nitrogen functional groups attached to an aromatic ring is 1. The molecule has 1 aliphatic carbocycles. The summed E-state index contributed by atoms with van der Waals surface area (Å²) < 4.78 is 3.25. The minimum Gasteiger partial charge on any atom is -0.384 e. The number of anilines is 2. The highest BCUT2D eigenvalue weighted by atomic mass is 35.5. The van der Waals surface area contributed by atoms with Crippen LogP contribution >= 0.6 is 23.5 Å². The van der Waals surface area contributed by atoms with Gasteiger partial charge >= 0.3 is 0 Å². The molecule has 2 aromatic heterocycles. The Hall–Kier alpha value is -2.24. The van der Waals surface area contributed by atoms with Gasteiger partial charge in [-0.15, -0.1) is 0 Å². The Morgan fingerprint density at radius 3 is 2.68 bits per heavy atom. The molecule has 0 atom stereocenters. The molecule has 4 rings (SSSR count). The molecule has 0 bridgehead atoms. The highest BCUT2D eigenvalue weighted by Gasteiger charge is 2.27. The summed E-state index contributed by atoms with van der Waals surface area (Å²) in [7, 11) is 0. The van der Waals surface area contributed by atoms with Gasteiger partial charge in [0, 0.05) is 16.7 Å². The number of rotatable bonds is 5. The Labute approximate surface area is 156 Å². The first-order valence-corrected chi connectivity index (χ1v) is 9.30. The van der Waals surface area contributed by atoms with Gasteiger partial charge in [-0.2, -0.15) is 0 Å². The van der Waals surface area contributed by atoms with E-state index < -0.39 is 0 Å². The van der Waals surface area contributed by atoms with Gasteiger partial charge in [0.05, 0.1) is 10.7 Å². The minimum atomic E-state index is 0.507. The first-order valence-electron chi connectivity index (χ1n) is 8.11. The Bertz CT molecular complexity index is 894. The lowest BCUT2D eigenvalue weighted by molar-refractivity contribution is 1.13. The van der Waals surface area contributed by atoms with E-state index in [4.69, 9.17) is 22.3 Å². The summed E-state index contributed by atoms with van der Waals surface area (Å²) in [6.45, 7) is 0. The largest absolute Gasteiger partial charge is 0.384 e. The van der Waals surface area contributed by atoms with Crippen molar-refractivity contribution in [2.45, 2.75) is 23.7 Å². The smallest absolute Gasteiger partial charge is 0.136 e. The quantitative estimate of drug-likeness (QED) is 0.592. The second kappa shape index (κ2) is 6.94. The number of hydrogen-bond acceptors (Lipinski definition) is 5. The third kappa shape index (κ3) is 3.72. The lowest BCUT2D eigenvalue weighted by Crippen LogP contribution is -1.96. The number of hydrogen-bond donors (Lipinski definition) is 2. The molecule has 0 radical (unpaired) electrons. The molecule has 6 heteroatoms. The van der Waals surface area contributed by atoms with Crippen LogP contribution in [0.4, 0.5) is 11.6 Å². The molecule has 4 nitrogen and oxygen atoms in total. The fourth-order valence-corrected chi connectivity index (χ4v) is 3.50. The molecule has 0 saturated heterocycles. The Morgan fingerprint density at radius 2 is 1.92 bits per heavy atom. The van der Waals surface area contributed by atoms with Crippen LogP contribution in [-0.4, -0.2) is 9.97 Å². The van der Waals surface area contributed by atoms with Crippen molar-refractivity contribution in [2.75, 3.05) is 10.5 Å². The van der Waals surface area contributed by atoms with Gasteiger partial charge < -0.3 is 10.5 Å². The van der Waals surface area contributed by atoms with E-state index in [0.29, 0.717) is 16.8 Å². The topological polar surface area (TPSA) is 63.8 Å². The maximum Gasteiger partial charge on any atom is 0.136 e. The number of halogens is 1.